The van der Waals surface area contributed by atoms with Crippen molar-refractivity contribution in [3.05, 3.63) is 113 Å². The second kappa shape index (κ2) is 7.49. The molecule has 0 aliphatic heterocycles. The van der Waals surface area contributed by atoms with Crippen LogP contribution in [0.3, 0.4) is 0 Å². The number of fused-ring (bicyclic) bond motifs is 1. The molecule has 3 heteroatoms. The van der Waals surface area contributed by atoms with Crippen LogP contribution >= 0.6 is 0 Å². The Bertz CT molecular complexity index is 1080. The lowest BCUT2D eigenvalue weighted by Crippen LogP contribution is -2.71. The first-order valence-corrected chi connectivity index (χ1v) is 17.9. The molecule has 3 aromatic rings. The highest BCUT2D eigenvalue weighted by atomic mass is 29.3. The van der Waals surface area contributed by atoms with E-state index in [0.717, 1.165) is 16.7 Å². The van der Waals surface area contributed by atoms with Gasteiger partial charge in [0.1, 0.15) is 12.8 Å². The molecule has 1 aliphatic rings. The summed E-state index contributed by atoms with van der Waals surface area (Å²) in [7, 11) is -4.26. The van der Waals surface area contributed by atoms with Crippen molar-refractivity contribution in [1.82, 2.24) is 0 Å². The quantitative estimate of drug-likeness (QED) is 0.453. The Labute approximate surface area is 182 Å². The highest BCUT2D eigenvalue weighted by Gasteiger charge is 2.62. The summed E-state index contributed by atoms with van der Waals surface area (Å²) >= 11 is 0. The molecule has 3 atom stereocenters. The molecule has 154 valence electrons. The van der Waals surface area contributed by atoms with E-state index >= 15 is 0 Å². The lowest BCUT2D eigenvalue weighted by molar-refractivity contribution is 0.158. The number of aryl methyl sites for hydroxylation is 1. The van der Waals surface area contributed by atoms with E-state index in [1.165, 1.54) is 11.1 Å². The van der Waals surface area contributed by atoms with Crippen LogP contribution in [-0.4, -0.2) is 20.3 Å². The van der Waals surface area contributed by atoms with Gasteiger partial charge in [0.25, 0.3) is 0 Å². The van der Waals surface area contributed by atoms with Gasteiger partial charge in [-0.25, -0.2) is 0 Å². The van der Waals surface area contributed by atoms with Gasteiger partial charge in [0.05, 0.1) is 0 Å². The number of aliphatic hydroxyl groups is 1. The molecule has 0 heterocycles. The second-order valence-electron chi connectivity index (χ2n) is 9.81. The van der Waals surface area contributed by atoms with Gasteiger partial charge >= 0.3 is 0 Å². The Balaban J connectivity index is 2.07. The van der Waals surface area contributed by atoms with Crippen LogP contribution < -0.4 is 0 Å². The Morgan fingerprint density at radius 2 is 1.37 bits per heavy atom. The standard InChI is InChI=1S/C27H32OSi2/c1-21-13-9-12-18-25(21)27(28,23-15-7-6-8-16-23)30(5,29(2,3)4)26-20-19-22-14-10-11-17-24(22)26/h6-20,26,28H,1-5H3. The maximum Gasteiger partial charge on any atom is 0.104 e. The van der Waals surface area contributed by atoms with Crippen LogP contribution in [0.25, 0.3) is 6.08 Å². The summed E-state index contributed by atoms with van der Waals surface area (Å²) in [5.74, 6) is 0. The summed E-state index contributed by atoms with van der Waals surface area (Å²) in [6.07, 6.45) is 4.66. The normalized spacial score (nSPS) is 19.7. The van der Waals surface area contributed by atoms with E-state index in [1.807, 2.05) is 6.07 Å². The van der Waals surface area contributed by atoms with Crippen LogP contribution in [0.4, 0.5) is 0 Å². The first-order valence-electron chi connectivity index (χ1n) is 10.8. The molecule has 3 aromatic carbocycles. The molecule has 0 bridgehead atoms. The third kappa shape index (κ3) is 2.99. The lowest BCUT2D eigenvalue weighted by atomic mass is 9.96. The minimum atomic E-state index is -2.43. The molecule has 1 nitrogen and oxygen atoms in total. The van der Waals surface area contributed by atoms with E-state index in [1.54, 1.807) is 0 Å². The molecule has 0 fully saturated rings. The predicted octanol–water partition coefficient (Wildman–Crippen LogP) is 6.62. The van der Waals surface area contributed by atoms with Crippen molar-refractivity contribution in [3.8, 4) is 0 Å². The Kier molecular flexibility index (Phi) is 5.25. The summed E-state index contributed by atoms with van der Waals surface area (Å²) < 4.78 is 0. The molecule has 0 amide bonds. The molecule has 0 radical (unpaired) electrons. The zero-order chi connectivity index (χ0) is 21.6. The monoisotopic (exact) mass is 428 g/mol. The van der Waals surface area contributed by atoms with Crippen LogP contribution in [0.5, 0.6) is 0 Å². The molecule has 0 saturated heterocycles. The first-order chi connectivity index (χ1) is 14.2. The smallest absolute Gasteiger partial charge is 0.104 e. The topological polar surface area (TPSA) is 20.2 Å². The number of benzene rings is 3. The van der Waals surface area contributed by atoms with Crippen molar-refractivity contribution in [1.29, 1.82) is 0 Å². The summed E-state index contributed by atoms with van der Waals surface area (Å²) in [4.78, 5) is 0. The minimum absolute atomic E-state index is 0.283. The maximum absolute atomic E-state index is 13.0. The zero-order valence-electron chi connectivity index (χ0n) is 18.7. The van der Waals surface area contributed by atoms with E-state index in [0.29, 0.717) is 0 Å². The molecule has 1 aliphatic carbocycles. The summed E-state index contributed by atoms with van der Waals surface area (Å²) in [6, 6.07) is 27.6. The van der Waals surface area contributed by atoms with Gasteiger partial charge in [-0.2, -0.15) is 0 Å². The van der Waals surface area contributed by atoms with Gasteiger partial charge < -0.3 is 5.11 Å². The Morgan fingerprint density at radius 3 is 2.03 bits per heavy atom. The largest absolute Gasteiger partial charge is 0.384 e. The van der Waals surface area contributed by atoms with E-state index < -0.39 is 20.4 Å². The molecule has 0 spiro atoms. The highest BCUT2D eigenvalue weighted by Crippen LogP contribution is 2.52. The third-order valence-electron chi connectivity index (χ3n) is 7.46. The maximum atomic E-state index is 13.0. The van der Waals surface area contributed by atoms with Gasteiger partial charge in [-0.05, 0) is 40.3 Å². The predicted molar refractivity (Wildman–Crippen MR) is 134 cm³/mol. The second-order valence-corrected chi connectivity index (χ2v) is 25.7. The summed E-state index contributed by atoms with van der Waals surface area (Å²) in [5, 5.41) is 12.1. The minimum Gasteiger partial charge on any atom is -0.384 e. The van der Waals surface area contributed by atoms with Crippen LogP contribution in [0.1, 0.15) is 33.4 Å². The fourth-order valence-electron chi connectivity index (χ4n) is 5.38. The van der Waals surface area contributed by atoms with Gasteiger partial charge in [-0.1, -0.05) is 117 Å². The zero-order valence-corrected chi connectivity index (χ0v) is 20.7. The van der Waals surface area contributed by atoms with Crippen molar-refractivity contribution >= 4 is 21.3 Å². The number of hydrogen-bond donors (Lipinski definition) is 1. The van der Waals surface area contributed by atoms with Crippen LogP contribution in [0, 0.1) is 6.92 Å². The number of rotatable bonds is 5. The van der Waals surface area contributed by atoms with Gasteiger partial charge in [-0.3, -0.25) is 0 Å². The van der Waals surface area contributed by atoms with Gasteiger partial charge in [0, 0.05) is 7.59 Å². The molecular weight excluding hydrogens is 396 g/mol. The number of allylic oxidation sites excluding steroid dienone is 1. The van der Waals surface area contributed by atoms with E-state index in [4.69, 9.17) is 0 Å². The SMILES string of the molecule is Cc1ccccc1C(O)(c1ccccc1)[Si](C)(C1C=Cc2ccccc21)[Si](C)(C)C. The average molecular weight is 429 g/mol. The number of hydrogen-bond acceptors (Lipinski definition) is 1. The molecule has 0 aromatic heterocycles. The first kappa shape index (κ1) is 21.0. The third-order valence-corrected chi connectivity index (χ3v) is 25.7. The molecule has 0 saturated carbocycles. The fourth-order valence-corrected chi connectivity index (χ4v) is 18.5. The van der Waals surface area contributed by atoms with Crippen molar-refractivity contribution in [2.45, 2.75) is 43.9 Å². The average Bonchev–Trinajstić information content (AvgIpc) is 3.17. The van der Waals surface area contributed by atoms with Crippen molar-refractivity contribution in [2.75, 3.05) is 0 Å². The van der Waals surface area contributed by atoms with Crippen molar-refractivity contribution < 1.29 is 5.11 Å². The van der Waals surface area contributed by atoms with E-state index in [9.17, 15) is 5.11 Å². The lowest BCUT2D eigenvalue weighted by Gasteiger charge is -2.54. The van der Waals surface area contributed by atoms with Gasteiger partial charge in [-0.15, -0.1) is 0 Å². The molecule has 3 unspecified atom stereocenters. The highest BCUT2D eigenvalue weighted by molar-refractivity contribution is 7.42. The van der Waals surface area contributed by atoms with Crippen molar-refractivity contribution in [3.63, 3.8) is 0 Å². The Morgan fingerprint density at radius 1 is 0.767 bits per heavy atom. The van der Waals surface area contributed by atoms with Crippen molar-refractivity contribution in [2.24, 2.45) is 0 Å². The molecule has 1 N–H and O–H groups in total. The summed E-state index contributed by atoms with van der Waals surface area (Å²) in [5.41, 5.74) is 6.25. The van der Waals surface area contributed by atoms with Crippen LogP contribution in [-0.2, 0) is 5.22 Å². The van der Waals surface area contributed by atoms with Crippen LogP contribution in [0.15, 0.2) is 84.9 Å². The molecule has 30 heavy (non-hydrogen) atoms. The van der Waals surface area contributed by atoms with Gasteiger partial charge in [0.15, 0.2) is 0 Å². The van der Waals surface area contributed by atoms with E-state index in [-0.39, 0.29) is 5.54 Å². The molecule has 4 rings (SSSR count). The van der Waals surface area contributed by atoms with E-state index in [2.05, 4.69) is 118 Å². The summed E-state index contributed by atoms with van der Waals surface area (Å²) in [6.45, 7) is 12.0. The van der Waals surface area contributed by atoms with Gasteiger partial charge in [0.2, 0.25) is 0 Å². The van der Waals surface area contributed by atoms with Crippen LogP contribution in [0.2, 0.25) is 26.2 Å². The fraction of sp³-hybridized carbons (Fsp3) is 0.259. The molecular formula is C27H32OSi2. The Hall–Kier alpha value is -2.21.